The van der Waals surface area contributed by atoms with Crippen LogP contribution in [0.4, 0.5) is 8.78 Å². The summed E-state index contributed by atoms with van der Waals surface area (Å²) in [6.45, 7) is 1.56. The number of carbonyl (C=O) groups excluding carboxylic acids is 1. The smallest absolute Gasteiger partial charge is 0.226 e. The number of nitrogens with zero attached hydrogens (tertiary/aromatic N) is 1. The largest absolute Gasteiger partial charge is 0.342 e. The van der Waals surface area contributed by atoms with Crippen LogP contribution in [0.5, 0.6) is 0 Å². The zero-order valence-electron chi connectivity index (χ0n) is 9.59. The van der Waals surface area contributed by atoms with Crippen molar-refractivity contribution in [3.8, 4) is 0 Å². The molecule has 1 aliphatic heterocycles. The van der Waals surface area contributed by atoms with Crippen molar-refractivity contribution in [1.29, 1.82) is 0 Å². The molecule has 1 heterocycles. The van der Waals surface area contributed by atoms with Crippen molar-refractivity contribution in [3.63, 3.8) is 0 Å². The molecular weight excluding hydrogens is 224 g/mol. The van der Waals surface area contributed by atoms with Crippen LogP contribution in [0, 0.1) is 11.6 Å². The summed E-state index contributed by atoms with van der Waals surface area (Å²) in [6, 6.07) is 3.62. The molecule has 0 saturated carbocycles. The maximum Gasteiger partial charge on any atom is 0.226 e. The molecule has 1 saturated heterocycles. The third-order valence-electron chi connectivity index (χ3n) is 3.05. The molecule has 17 heavy (non-hydrogen) atoms. The molecule has 0 aliphatic carbocycles. The highest BCUT2D eigenvalue weighted by atomic mass is 19.2. The first-order valence-corrected chi connectivity index (χ1v) is 5.88. The van der Waals surface area contributed by atoms with E-state index in [2.05, 4.69) is 0 Å². The third kappa shape index (κ3) is 3.02. The molecule has 2 rings (SSSR count). The highest BCUT2D eigenvalue weighted by Crippen LogP contribution is 2.13. The summed E-state index contributed by atoms with van der Waals surface area (Å²) in [6.07, 6.45) is 3.37. The van der Waals surface area contributed by atoms with Gasteiger partial charge in [-0.2, -0.15) is 0 Å². The van der Waals surface area contributed by atoms with Gasteiger partial charge in [0.25, 0.3) is 0 Å². The van der Waals surface area contributed by atoms with Crippen LogP contribution in [0.2, 0.25) is 0 Å². The SMILES string of the molecule is O=C(Cc1ccc(F)c(F)c1)N1CCCCC1. The molecule has 0 atom stereocenters. The standard InChI is InChI=1S/C13H15F2NO/c14-11-5-4-10(8-12(11)15)9-13(17)16-6-2-1-3-7-16/h4-5,8H,1-3,6-7,9H2. The monoisotopic (exact) mass is 239 g/mol. The number of halogens is 2. The van der Waals surface area contributed by atoms with Gasteiger partial charge in [-0.15, -0.1) is 0 Å². The highest BCUT2D eigenvalue weighted by molar-refractivity contribution is 5.78. The first-order chi connectivity index (χ1) is 8.16. The van der Waals surface area contributed by atoms with E-state index in [1.54, 1.807) is 4.90 Å². The Kier molecular flexibility index (Phi) is 3.71. The number of rotatable bonds is 2. The second-order valence-electron chi connectivity index (χ2n) is 4.37. The van der Waals surface area contributed by atoms with E-state index in [0.717, 1.165) is 44.5 Å². The summed E-state index contributed by atoms with van der Waals surface area (Å²) in [5.41, 5.74) is 0.527. The molecule has 1 fully saturated rings. The molecule has 1 aliphatic rings. The Hall–Kier alpha value is -1.45. The van der Waals surface area contributed by atoms with Gasteiger partial charge in [-0.05, 0) is 37.0 Å². The molecule has 92 valence electrons. The zero-order chi connectivity index (χ0) is 12.3. The summed E-state index contributed by atoms with van der Waals surface area (Å²) in [5.74, 6) is -1.77. The number of hydrogen-bond donors (Lipinski definition) is 0. The minimum atomic E-state index is -0.894. The molecule has 0 radical (unpaired) electrons. The molecular formula is C13H15F2NO. The maximum absolute atomic E-state index is 13.0. The van der Waals surface area contributed by atoms with E-state index < -0.39 is 11.6 Å². The van der Waals surface area contributed by atoms with Gasteiger partial charge in [-0.25, -0.2) is 8.78 Å². The lowest BCUT2D eigenvalue weighted by Gasteiger charge is -2.26. The Labute approximate surface area is 99.2 Å². The van der Waals surface area contributed by atoms with Gasteiger partial charge in [0.15, 0.2) is 11.6 Å². The fraction of sp³-hybridized carbons (Fsp3) is 0.462. The average molecular weight is 239 g/mol. The Morgan fingerprint density at radius 3 is 2.47 bits per heavy atom. The predicted octanol–water partition coefficient (Wildman–Crippen LogP) is 2.52. The summed E-state index contributed by atoms with van der Waals surface area (Å²) in [5, 5.41) is 0. The molecule has 1 aromatic carbocycles. The average Bonchev–Trinajstić information content (AvgIpc) is 2.35. The zero-order valence-corrected chi connectivity index (χ0v) is 9.59. The fourth-order valence-corrected chi connectivity index (χ4v) is 2.08. The topological polar surface area (TPSA) is 20.3 Å². The van der Waals surface area contributed by atoms with Gasteiger partial charge in [0.1, 0.15) is 0 Å². The van der Waals surface area contributed by atoms with Crippen LogP contribution < -0.4 is 0 Å². The van der Waals surface area contributed by atoms with Crippen LogP contribution in [0.3, 0.4) is 0 Å². The van der Waals surface area contributed by atoms with E-state index in [4.69, 9.17) is 0 Å². The Bertz CT molecular complexity index is 414. The number of hydrogen-bond acceptors (Lipinski definition) is 1. The van der Waals surface area contributed by atoms with Crippen LogP contribution in [-0.4, -0.2) is 23.9 Å². The first-order valence-electron chi connectivity index (χ1n) is 5.88. The van der Waals surface area contributed by atoms with Gasteiger partial charge in [0.2, 0.25) is 5.91 Å². The lowest BCUT2D eigenvalue weighted by molar-refractivity contribution is -0.131. The lowest BCUT2D eigenvalue weighted by atomic mass is 10.1. The first kappa shape index (κ1) is 12.0. The summed E-state index contributed by atoms with van der Waals surface area (Å²) in [7, 11) is 0. The number of carbonyl (C=O) groups is 1. The van der Waals surface area contributed by atoms with Crippen molar-refractivity contribution in [3.05, 3.63) is 35.4 Å². The summed E-state index contributed by atoms with van der Waals surface area (Å²) in [4.78, 5) is 13.7. The fourth-order valence-electron chi connectivity index (χ4n) is 2.08. The quantitative estimate of drug-likeness (QED) is 0.776. The van der Waals surface area contributed by atoms with E-state index in [1.807, 2.05) is 0 Å². The minimum absolute atomic E-state index is 0.00397. The van der Waals surface area contributed by atoms with Crippen LogP contribution in [0.15, 0.2) is 18.2 Å². The van der Waals surface area contributed by atoms with Crippen molar-refractivity contribution in [2.75, 3.05) is 13.1 Å². The van der Waals surface area contributed by atoms with Crippen molar-refractivity contribution >= 4 is 5.91 Å². The summed E-state index contributed by atoms with van der Waals surface area (Å²) >= 11 is 0. The van der Waals surface area contributed by atoms with E-state index in [9.17, 15) is 13.6 Å². The molecule has 4 heteroatoms. The van der Waals surface area contributed by atoms with Gasteiger partial charge in [0.05, 0.1) is 6.42 Å². The van der Waals surface area contributed by atoms with E-state index >= 15 is 0 Å². The van der Waals surface area contributed by atoms with Crippen molar-refractivity contribution in [1.82, 2.24) is 4.90 Å². The third-order valence-corrected chi connectivity index (χ3v) is 3.05. The van der Waals surface area contributed by atoms with Gasteiger partial charge in [-0.3, -0.25) is 4.79 Å². The van der Waals surface area contributed by atoms with Gasteiger partial charge >= 0.3 is 0 Å². The molecule has 0 bridgehead atoms. The van der Waals surface area contributed by atoms with Crippen molar-refractivity contribution < 1.29 is 13.6 Å². The molecule has 1 aromatic rings. The van der Waals surface area contributed by atoms with Gasteiger partial charge in [0, 0.05) is 13.1 Å². The second-order valence-corrected chi connectivity index (χ2v) is 4.37. The molecule has 0 unspecified atom stereocenters. The molecule has 0 N–H and O–H groups in total. The number of benzene rings is 1. The van der Waals surface area contributed by atoms with Gasteiger partial charge in [-0.1, -0.05) is 6.07 Å². The molecule has 0 aromatic heterocycles. The Morgan fingerprint density at radius 1 is 1.12 bits per heavy atom. The van der Waals surface area contributed by atoms with E-state index in [1.165, 1.54) is 6.07 Å². The normalized spacial score (nSPS) is 16.0. The Morgan fingerprint density at radius 2 is 1.82 bits per heavy atom. The Balaban J connectivity index is 1.99. The number of amides is 1. The summed E-state index contributed by atoms with van der Waals surface area (Å²) < 4.78 is 25.7. The maximum atomic E-state index is 13.0. The van der Waals surface area contributed by atoms with Crippen molar-refractivity contribution in [2.24, 2.45) is 0 Å². The van der Waals surface area contributed by atoms with E-state index in [-0.39, 0.29) is 12.3 Å². The van der Waals surface area contributed by atoms with Crippen LogP contribution in [0.25, 0.3) is 0 Å². The number of piperidine rings is 1. The van der Waals surface area contributed by atoms with Gasteiger partial charge < -0.3 is 4.90 Å². The van der Waals surface area contributed by atoms with Crippen LogP contribution in [-0.2, 0) is 11.2 Å². The predicted molar refractivity (Wildman–Crippen MR) is 60.5 cm³/mol. The minimum Gasteiger partial charge on any atom is -0.342 e. The molecule has 2 nitrogen and oxygen atoms in total. The molecule has 1 amide bonds. The number of likely N-dealkylation sites (tertiary alicyclic amines) is 1. The highest BCUT2D eigenvalue weighted by Gasteiger charge is 2.17. The second kappa shape index (κ2) is 5.25. The molecule has 0 spiro atoms. The lowest BCUT2D eigenvalue weighted by Crippen LogP contribution is -2.36. The van der Waals surface area contributed by atoms with E-state index in [0.29, 0.717) is 5.56 Å². The van der Waals surface area contributed by atoms with Crippen LogP contribution >= 0.6 is 0 Å². The van der Waals surface area contributed by atoms with Crippen molar-refractivity contribution in [2.45, 2.75) is 25.7 Å². The van der Waals surface area contributed by atoms with Crippen LogP contribution in [0.1, 0.15) is 24.8 Å².